The standard InChI is InChI=1S/C21H21N5O/c1-24-13-10-22-20(24)8-5-11-25-12-9-19-18(15-25)21(27)26(16-23-19)14-17-6-3-2-4-7-17/h2-4,6-7,10,13,16H,9,11-12,14-15H2,1H3. The lowest BCUT2D eigenvalue weighted by atomic mass is 10.1. The van der Waals surface area contributed by atoms with Crippen LogP contribution in [0.25, 0.3) is 0 Å². The number of nitrogens with zero attached hydrogens (tertiary/aromatic N) is 5. The fraction of sp³-hybridized carbons (Fsp3) is 0.286. The second-order valence-electron chi connectivity index (χ2n) is 6.71. The smallest absolute Gasteiger partial charge is 0.258 e. The zero-order valence-electron chi connectivity index (χ0n) is 15.3. The molecule has 0 spiro atoms. The Labute approximate surface area is 158 Å². The van der Waals surface area contributed by atoms with Crippen molar-refractivity contribution < 1.29 is 0 Å². The van der Waals surface area contributed by atoms with Crippen LogP contribution < -0.4 is 5.56 Å². The quantitative estimate of drug-likeness (QED) is 0.664. The lowest BCUT2D eigenvalue weighted by Gasteiger charge is -2.26. The van der Waals surface area contributed by atoms with E-state index in [1.165, 1.54) is 0 Å². The molecule has 0 unspecified atom stereocenters. The molecule has 2 aromatic heterocycles. The number of fused-ring (bicyclic) bond motifs is 1. The molecule has 0 saturated carbocycles. The van der Waals surface area contributed by atoms with Gasteiger partial charge < -0.3 is 4.57 Å². The van der Waals surface area contributed by atoms with Gasteiger partial charge in [-0.1, -0.05) is 36.3 Å². The highest BCUT2D eigenvalue weighted by molar-refractivity contribution is 5.24. The van der Waals surface area contributed by atoms with Crippen molar-refractivity contribution in [2.24, 2.45) is 7.05 Å². The first kappa shape index (κ1) is 17.3. The van der Waals surface area contributed by atoms with Crippen LogP contribution in [0.1, 0.15) is 22.6 Å². The van der Waals surface area contributed by atoms with Crippen LogP contribution in [0.15, 0.2) is 53.8 Å². The van der Waals surface area contributed by atoms with Crippen molar-refractivity contribution in [3.05, 3.63) is 82.1 Å². The van der Waals surface area contributed by atoms with Crippen LogP contribution in [0.3, 0.4) is 0 Å². The fourth-order valence-corrected chi connectivity index (χ4v) is 3.25. The summed E-state index contributed by atoms with van der Waals surface area (Å²) in [5, 5.41) is 0. The van der Waals surface area contributed by atoms with E-state index >= 15 is 0 Å². The molecule has 1 aliphatic heterocycles. The number of benzene rings is 1. The minimum absolute atomic E-state index is 0.0469. The Balaban J connectivity index is 1.50. The van der Waals surface area contributed by atoms with Crippen molar-refractivity contribution in [2.45, 2.75) is 19.5 Å². The van der Waals surface area contributed by atoms with E-state index in [1.54, 1.807) is 17.1 Å². The van der Waals surface area contributed by atoms with Gasteiger partial charge in [-0.2, -0.15) is 0 Å². The zero-order valence-corrected chi connectivity index (χ0v) is 15.3. The molecule has 136 valence electrons. The normalized spacial score (nSPS) is 13.7. The van der Waals surface area contributed by atoms with Gasteiger partial charge in [0.05, 0.1) is 30.7 Å². The van der Waals surface area contributed by atoms with Gasteiger partial charge in [0, 0.05) is 39.0 Å². The van der Waals surface area contributed by atoms with Crippen LogP contribution in [-0.2, 0) is 26.6 Å². The summed E-state index contributed by atoms with van der Waals surface area (Å²) in [6.07, 6.45) is 6.07. The molecule has 3 heterocycles. The van der Waals surface area contributed by atoms with E-state index in [2.05, 4.69) is 26.7 Å². The zero-order chi connectivity index (χ0) is 18.6. The van der Waals surface area contributed by atoms with Crippen molar-refractivity contribution >= 4 is 0 Å². The third-order valence-electron chi connectivity index (χ3n) is 4.79. The molecule has 6 heteroatoms. The molecule has 4 rings (SSSR count). The number of aromatic nitrogens is 4. The van der Waals surface area contributed by atoms with Gasteiger partial charge in [0.25, 0.3) is 5.56 Å². The highest BCUT2D eigenvalue weighted by atomic mass is 16.1. The summed E-state index contributed by atoms with van der Waals surface area (Å²) in [6, 6.07) is 9.97. The van der Waals surface area contributed by atoms with E-state index in [0.717, 1.165) is 35.6 Å². The second-order valence-corrected chi connectivity index (χ2v) is 6.71. The van der Waals surface area contributed by atoms with E-state index in [-0.39, 0.29) is 5.56 Å². The summed E-state index contributed by atoms with van der Waals surface area (Å²) in [6.45, 7) is 2.60. The lowest BCUT2D eigenvalue weighted by Crippen LogP contribution is -2.38. The third-order valence-corrected chi connectivity index (χ3v) is 4.79. The molecule has 0 amide bonds. The molecule has 1 aliphatic rings. The summed E-state index contributed by atoms with van der Waals surface area (Å²) >= 11 is 0. The Morgan fingerprint density at radius 2 is 2.04 bits per heavy atom. The molecular formula is C21H21N5O. The van der Waals surface area contributed by atoms with Crippen LogP contribution >= 0.6 is 0 Å². The Morgan fingerprint density at radius 1 is 1.19 bits per heavy atom. The van der Waals surface area contributed by atoms with Crippen molar-refractivity contribution in [1.82, 2.24) is 24.0 Å². The molecule has 0 aliphatic carbocycles. The molecular weight excluding hydrogens is 338 g/mol. The Bertz CT molecular complexity index is 1060. The molecule has 0 bridgehead atoms. The van der Waals surface area contributed by atoms with Gasteiger partial charge in [0.15, 0.2) is 5.82 Å². The minimum atomic E-state index is 0.0469. The maximum absolute atomic E-state index is 12.9. The van der Waals surface area contributed by atoms with Gasteiger partial charge in [-0.3, -0.25) is 14.3 Å². The fourth-order valence-electron chi connectivity index (χ4n) is 3.25. The average molecular weight is 359 g/mol. The molecule has 3 aromatic rings. The number of aryl methyl sites for hydroxylation is 1. The number of hydrogen-bond acceptors (Lipinski definition) is 4. The molecule has 0 fully saturated rings. The largest absolute Gasteiger partial charge is 0.327 e. The van der Waals surface area contributed by atoms with Crippen molar-refractivity contribution in [2.75, 3.05) is 13.1 Å². The van der Waals surface area contributed by atoms with Gasteiger partial charge in [-0.25, -0.2) is 9.97 Å². The monoisotopic (exact) mass is 359 g/mol. The van der Waals surface area contributed by atoms with E-state index < -0.39 is 0 Å². The summed E-state index contributed by atoms with van der Waals surface area (Å²) in [4.78, 5) is 23.8. The van der Waals surface area contributed by atoms with E-state index in [9.17, 15) is 4.79 Å². The summed E-state index contributed by atoms with van der Waals surface area (Å²) in [5.74, 6) is 7.00. The predicted molar refractivity (Wildman–Crippen MR) is 103 cm³/mol. The van der Waals surface area contributed by atoms with Gasteiger partial charge in [-0.15, -0.1) is 0 Å². The number of imidazole rings is 1. The minimum Gasteiger partial charge on any atom is -0.327 e. The van der Waals surface area contributed by atoms with Crippen molar-refractivity contribution in [3.63, 3.8) is 0 Å². The second kappa shape index (κ2) is 7.60. The molecule has 0 saturated heterocycles. The van der Waals surface area contributed by atoms with Crippen LogP contribution in [0.2, 0.25) is 0 Å². The summed E-state index contributed by atoms with van der Waals surface area (Å²) in [7, 11) is 1.93. The predicted octanol–water partition coefficient (Wildman–Crippen LogP) is 1.43. The van der Waals surface area contributed by atoms with E-state index in [1.807, 2.05) is 48.1 Å². The molecule has 1 aromatic carbocycles. The summed E-state index contributed by atoms with van der Waals surface area (Å²) < 4.78 is 3.59. The molecule has 0 radical (unpaired) electrons. The van der Waals surface area contributed by atoms with Crippen LogP contribution in [0.4, 0.5) is 0 Å². The van der Waals surface area contributed by atoms with E-state index in [0.29, 0.717) is 19.6 Å². The average Bonchev–Trinajstić information content (AvgIpc) is 3.10. The van der Waals surface area contributed by atoms with Gasteiger partial charge in [0.2, 0.25) is 0 Å². The maximum Gasteiger partial charge on any atom is 0.258 e. The van der Waals surface area contributed by atoms with Gasteiger partial charge in [0.1, 0.15) is 0 Å². The first-order chi connectivity index (χ1) is 13.2. The first-order valence-corrected chi connectivity index (χ1v) is 9.00. The first-order valence-electron chi connectivity index (χ1n) is 9.00. The Morgan fingerprint density at radius 3 is 2.81 bits per heavy atom. The highest BCUT2D eigenvalue weighted by Gasteiger charge is 2.20. The van der Waals surface area contributed by atoms with Crippen molar-refractivity contribution in [3.8, 4) is 11.8 Å². The van der Waals surface area contributed by atoms with Crippen LogP contribution in [0.5, 0.6) is 0 Å². The van der Waals surface area contributed by atoms with Crippen LogP contribution in [-0.4, -0.2) is 37.1 Å². The molecule has 0 atom stereocenters. The van der Waals surface area contributed by atoms with Gasteiger partial charge in [-0.05, 0) is 11.5 Å². The SMILES string of the molecule is Cn1ccnc1C#CCN1CCc2ncn(Cc3ccccc3)c(=O)c2C1. The maximum atomic E-state index is 12.9. The Kier molecular flexibility index (Phi) is 4.86. The van der Waals surface area contributed by atoms with E-state index in [4.69, 9.17) is 0 Å². The number of rotatable bonds is 3. The number of hydrogen-bond donors (Lipinski definition) is 0. The summed E-state index contributed by atoms with van der Waals surface area (Å²) in [5.41, 5.74) is 2.84. The molecule has 27 heavy (non-hydrogen) atoms. The molecule has 0 N–H and O–H groups in total. The molecule has 6 nitrogen and oxygen atoms in total. The van der Waals surface area contributed by atoms with Crippen molar-refractivity contribution in [1.29, 1.82) is 0 Å². The highest BCUT2D eigenvalue weighted by Crippen LogP contribution is 2.13. The topological polar surface area (TPSA) is 56.0 Å². The Hall–Kier alpha value is -3.17. The van der Waals surface area contributed by atoms with Crippen LogP contribution in [0, 0.1) is 11.8 Å². The lowest BCUT2D eigenvalue weighted by molar-refractivity contribution is 0.280. The van der Waals surface area contributed by atoms with Gasteiger partial charge >= 0.3 is 0 Å². The third kappa shape index (κ3) is 3.83.